The van der Waals surface area contributed by atoms with Crippen LogP contribution in [-0.4, -0.2) is 57.2 Å². The Morgan fingerprint density at radius 2 is 1.34 bits per heavy atom. The maximum Gasteiger partial charge on any atom is 0.343 e. The van der Waals surface area contributed by atoms with Gasteiger partial charge in [-0.3, -0.25) is 0 Å². The van der Waals surface area contributed by atoms with Gasteiger partial charge in [-0.1, -0.05) is 26.8 Å². The smallest absolute Gasteiger partial charge is 0.343 e. The molecule has 0 radical (unpaired) electrons. The monoisotopic (exact) mass is 604 g/mol. The molecule has 10 nitrogen and oxygen atoms in total. The molecule has 1 heterocycles. The second-order valence-electron chi connectivity index (χ2n) is 10.5. The molecule has 1 fully saturated rings. The van der Waals surface area contributed by atoms with Gasteiger partial charge >= 0.3 is 17.9 Å². The van der Waals surface area contributed by atoms with Crippen molar-refractivity contribution in [3.8, 4) is 23.0 Å². The Balaban J connectivity index is 1.23. The molecule has 0 aromatic heterocycles. The van der Waals surface area contributed by atoms with Crippen molar-refractivity contribution in [1.29, 1.82) is 0 Å². The summed E-state index contributed by atoms with van der Waals surface area (Å²) >= 11 is 0. The molecular formula is C34H36O10. The van der Waals surface area contributed by atoms with Gasteiger partial charge in [-0.25, -0.2) is 14.4 Å². The average Bonchev–Trinajstić information content (AvgIpc) is 3.02. The van der Waals surface area contributed by atoms with Crippen LogP contribution < -0.4 is 18.9 Å². The summed E-state index contributed by atoms with van der Waals surface area (Å²) < 4.78 is 38.5. The van der Waals surface area contributed by atoms with Crippen molar-refractivity contribution in [2.75, 3.05) is 33.0 Å². The van der Waals surface area contributed by atoms with Gasteiger partial charge < -0.3 is 33.2 Å². The number of benzene rings is 3. The van der Waals surface area contributed by atoms with Crippen LogP contribution in [0.2, 0.25) is 0 Å². The lowest BCUT2D eigenvalue weighted by Gasteiger charge is -2.38. The fourth-order valence-corrected chi connectivity index (χ4v) is 4.02. The first kappa shape index (κ1) is 32.2. The summed E-state index contributed by atoms with van der Waals surface area (Å²) in [5, 5.41) is 0. The largest absolute Gasteiger partial charge is 0.490 e. The van der Waals surface area contributed by atoms with Gasteiger partial charge in [0.2, 0.25) is 0 Å². The molecule has 3 aromatic rings. The predicted molar refractivity (Wildman–Crippen MR) is 160 cm³/mol. The first-order chi connectivity index (χ1) is 21.3. The van der Waals surface area contributed by atoms with Crippen molar-refractivity contribution < 1.29 is 47.5 Å². The Bertz CT molecular complexity index is 1390. The van der Waals surface area contributed by atoms with Crippen molar-refractivity contribution >= 4 is 17.9 Å². The Labute approximate surface area is 256 Å². The van der Waals surface area contributed by atoms with Crippen molar-refractivity contribution in [1.82, 2.24) is 0 Å². The van der Waals surface area contributed by atoms with E-state index in [0.29, 0.717) is 48.2 Å². The molecule has 4 rings (SSSR count). The van der Waals surface area contributed by atoms with E-state index in [9.17, 15) is 14.4 Å². The lowest BCUT2D eigenvalue weighted by Crippen LogP contribution is -2.44. The summed E-state index contributed by atoms with van der Waals surface area (Å²) in [5.41, 5.74) is 0.691. The highest BCUT2D eigenvalue weighted by Crippen LogP contribution is 2.28. The Morgan fingerprint density at radius 3 is 1.82 bits per heavy atom. The zero-order chi connectivity index (χ0) is 31.4. The SMILES string of the molecule is C=CC(=O)OCCOc1ccc(C(=O)Oc2ccc(OC(=O)c3ccc(OC(CCC)OCC4(C)COC4)cc3)cc2)cc1. The quantitative estimate of drug-likeness (QED) is 0.0654. The molecule has 0 amide bonds. The van der Waals surface area contributed by atoms with Crippen LogP contribution in [0.1, 0.15) is 47.4 Å². The van der Waals surface area contributed by atoms with Crippen molar-refractivity contribution in [3.63, 3.8) is 0 Å². The zero-order valence-electron chi connectivity index (χ0n) is 24.8. The normalized spacial score (nSPS) is 14.0. The molecule has 3 aromatic carbocycles. The van der Waals surface area contributed by atoms with E-state index in [1.807, 2.05) is 0 Å². The standard InChI is InChI=1S/C34H36O10/c1-4-6-31(41-23-34(3)21-38-22-34)42-27-13-9-25(10-14-27)33(37)44-29-17-15-28(16-18-29)43-32(36)24-7-11-26(12-8-24)39-19-20-40-30(35)5-2/h5,7-18,31H,2,4,6,19-23H2,1,3H3. The van der Waals surface area contributed by atoms with E-state index in [0.717, 1.165) is 18.9 Å². The topological polar surface area (TPSA) is 116 Å². The van der Waals surface area contributed by atoms with Crippen molar-refractivity contribution in [2.45, 2.75) is 33.0 Å². The molecule has 1 aliphatic heterocycles. The second kappa shape index (κ2) is 15.7. The van der Waals surface area contributed by atoms with Crippen LogP contribution >= 0.6 is 0 Å². The van der Waals surface area contributed by atoms with Gasteiger partial charge in [-0.2, -0.15) is 0 Å². The minimum absolute atomic E-state index is 0.0262. The molecule has 0 bridgehead atoms. The fourth-order valence-electron chi connectivity index (χ4n) is 4.02. The minimum atomic E-state index is -0.568. The second-order valence-corrected chi connectivity index (χ2v) is 10.5. The molecule has 44 heavy (non-hydrogen) atoms. The third-order valence-corrected chi connectivity index (χ3v) is 6.50. The highest BCUT2D eigenvalue weighted by Gasteiger charge is 2.34. The number of carbonyl (C=O) groups excluding carboxylic acids is 3. The number of hydrogen-bond acceptors (Lipinski definition) is 10. The van der Waals surface area contributed by atoms with Crippen LogP contribution in [0.3, 0.4) is 0 Å². The van der Waals surface area contributed by atoms with E-state index in [1.165, 1.54) is 24.3 Å². The molecule has 10 heteroatoms. The number of hydrogen-bond donors (Lipinski definition) is 0. The van der Waals surface area contributed by atoms with Gasteiger partial charge in [0.15, 0.2) is 6.29 Å². The maximum atomic E-state index is 12.7. The van der Waals surface area contributed by atoms with Crippen molar-refractivity contribution in [2.24, 2.45) is 5.41 Å². The molecule has 0 saturated carbocycles. The van der Waals surface area contributed by atoms with Crippen LogP contribution in [0.4, 0.5) is 0 Å². The summed E-state index contributed by atoms with van der Waals surface area (Å²) in [6.07, 6.45) is 2.33. The molecular weight excluding hydrogens is 568 g/mol. The van der Waals surface area contributed by atoms with Gasteiger partial charge in [0, 0.05) is 17.9 Å². The summed E-state index contributed by atoms with van der Waals surface area (Å²) in [5.74, 6) is 0.0342. The first-order valence-electron chi connectivity index (χ1n) is 14.3. The Hall–Kier alpha value is -4.67. The summed E-state index contributed by atoms with van der Waals surface area (Å²) in [6, 6.07) is 19.1. The van der Waals surface area contributed by atoms with E-state index in [4.69, 9.17) is 33.2 Å². The number of carbonyl (C=O) groups is 3. The number of ether oxygens (including phenoxy) is 7. The van der Waals surface area contributed by atoms with E-state index in [-0.39, 0.29) is 30.7 Å². The summed E-state index contributed by atoms with van der Waals surface area (Å²) in [6.45, 7) is 9.66. The molecule has 232 valence electrons. The van der Waals surface area contributed by atoms with E-state index in [2.05, 4.69) is 20.4 Å². The van der Waals surface area contributed by atoms with Gasteiger partial charge in [-0.05, 0) is 72.8 Å². The van der Waals surface area contributed by atoms with E-state index < -0.39 is 17.9 Å². The van der Waals surface area contributed by atoms with Crippen LogP contribution in [0.15, 0.2) is 85.5 Å². The third kappa shape index (κ3) is 9.68. The average molecular weight is 605 g/mol. The molecule has 1 saturated heterocycles. The lowest BCUT2D eigenvalue weighted by atomic mass is 9.90. The van der Waals surface area contributed by atoms with E-state index >= 15 is 0 Å². The lowest BCUT2D eigenvalue weighted by molar-refractivity contribution is -0.179. The predicted octanol–water partition coefficient (Wildman–Crippen LogP) is 5.79. The van der Waals surface area contributed by atoms with Crippen LogP contribution in [0.5, 0.6) is 23.0 Å². The maximum absolute atomic E-state index is 12.7. The minimum Gasteiger partial charge on any atom is -0.490 e. The zero-order valence-corrected chi connectivity index (χ0v) is 24.8. The fraction of sp³-hybridized carbons (Fsp3) is 0.324. The molecule has 0 aliphatic carbocycles. The van der Waals surface area contributed by atoms with Gasteiger partial charge in [0.1, 0.15) is 36.2 Å². The Morgan fingerprint density at radius 1 is 0.818 bits per heavy atom. The van der Waals surface area contributed by atoms with Gasteiger partial charge in [-0.15, -0.1) is 0 Å². The highest BCUT2D eigenvalue weighted by atomic mass is 16.7. The van der Waals surface area contributed by atoms with Gasteiger partial charge in [0.25, 0.3) is 0 Å². The molecule has 0 spiro atoms. The van der Waals surface area contributed by atoms with Gasteiger partial charge in [0.05, 0.1) is 30.9 Å². The first-order valence-corrected chi connectivity index (χ1v) is 14.3. The van der Waals surface area contributed by atoms with E-state index in [1.54, 1.807) is 48.5 Å². The molecule has 1 atom stereocenters. The summed E-state index contributed by atoms with van der Waals surface area (Å²) in [4.78, 5) is 36.2. The molecule has 0 N–H and O–H groups in total. The Kier molecular flexibility index (Phi) is 11.5. The third-order valence-electron chi connectivity index (χ3n) is 6.50. The van der Waals surface area contributed by atoms with Crippen LogP contribution in [0, 0.1) is 5.41 Å². The van der Waals surface area contributed by atoms with Crippen molar-refractivity contribution in [3.05, 3.63) is 96.6 Å². The highest BCUT2D eigenvalue weighted by molar-refractivity contribution is 5.92. The number of rotatable bonds is 16. The van der Waals surface area contributed by atoms with Crippen LogP contribution in [-0.2, 0) is 19.0 Å². The van der Waals surface area contributed by atoms with Crippen LogP contribution in [0.25, 0.3) is 0 Å². The molecule has 1 unspecified atom stereocenters. The summed E-state index contributed by atoms with van der Waals surface area (Å²) in [7, 11) is 0. The number of esters is 3. The molecule has 1 aliphatic rings.